The Morgan fingerprint density at radius 3 is 1.61 bits per heavy atom. The standard InChI is InChI=1S/C15H24.C3H6O.2C2H6/c1-3-5-6-7-11-15-13-9-8-12-14(15)10-4-2;1-2-3-4;2*1-2/h8-9,12-13H,3-7,10-11H2,1-2H3;3H,2H2,1H3;2*1-2H3. The predicted octanol–water partition coefficient (Wildman–Crippen LogP) is 7.41. The van der Waals surface area contributed by atoms with Crippen molar-refractivity contribution in [2.45, 2.75) is 99.8 Å². The molecule has 1 heteroatoms. The Labute approximate surface area is 146 Å². The van der Waals surface area contributed by atoms with E-state index in [9.17, 15) is 4.79 Å². The largest absolute Gasteiger partial charge is 0.303 e. The van der Waals surface area contributed by atoms with Crippen LogP contribution in [0.3, 0.4) is 0 Å². The third-order valence-electron chi connectivity index (χ3n) is 3.10. The van der Waals surface area contributed by atoms with E-state index < -0.39 is 0 Å². The van der Waals surface area contributed by atoms with Crippen molar-refractivity contribution in [3.63, 3.8) is 0 Å². The molecular formula is C22H42O. The summed E-state index contributed by atoms with van der Waals surface area (Å²) in [7, 11) is 0. The van der Waals surface area contributed by atoms with Gasteiger partial charge in [-0.2, -0.15) is 0 Å². The number of hydrogen-bond donors (Lipinski definition) is 0. The van der Waals surface area contributed by atoms with Crippen LogP contribution in [0.1, 0.15) is 98.1 Å². The molecule has 23 heavy (non-hydrogen) atoms. The molecule has 0 N–H and O–H groups in total. The van der Waals surface area contributed by atoms with E-state index in [2.05, 4.69) is 38.1 Å². The van der Waals surface area contributed by atoms with Gasteiger partial charge in [0.25, 0.3) is 0 Å². The Bertz CT molecular complexity index is 318. The number of carbonyl (C=O) groups excluding carboxylic acids is 1. The van der Waals surface area contributed by atoms with Crippen molar-refractivity contribution in [3.8, 4) is 0 Å². The molecule has 0 spiro atoms. The van der Waals surface area contributed by atoms with Crippen LogP contribution >= 0.6 is 0 Å². The van der Waals surface area contributed by atoms with Crippen LogP contribution in [0.4, 0.5) is 0 Å². The fourth-order valence-electron chi connectivity index (χ4n) is 2.06. The lowest BCUT2D eigenvalue weighted by molar-refractivity contribution is -0.107. The number of benzene rings is 1. The Balaban J connectivity index is -0.000000426. The van der Waals surface area contributed by atoms with Crippen molar-refractivity contribution in [1.82, 2.24) is 0 Å². The van der Waals surface area contributed by atoms with Crippen molar-refractivity contribution in [1.29, 1.82) is 0 Å². The van der Waals surface area contributed by atoms with Gasteiger partial charge in [-0.3, -0.25) is 0 Å². The lowest BCUT2D eigenvalue weighted by Gasteiger charge is -2.08. The van der Waals surface area contributed by atoms with Gasteiger partial charge in [0.1, 0.15) is 6.29 Å². The molecule has 0 bridgehead atoms. The third kappa shape index (κ3) is 18.8. The first-order valence-corrected chi connectivity index (χ1v) is 9.80. The summed E-state index contributed by atoms with van der Waals surface area (Å²) in [4.78, 5) is 9.17. The predicted molar refractivity (Wildman–Crippen MR) is 107 cm³/mol. The molecular weight excluding hydrogens is 280 g/mol. The van der Waals surface area contributed by atoms with E-state index in [1.165, 1.54) is 44.9 Å². The SMILES string of the molecule is CC.CC.CCC=O.CCCCCCc1ccccc1CCC. The van der Waals surface area contributed by atoms with Crippen LogP contribution < -0.4 is 0 Å². The first kappa shape index (κ1) is 26.8. The second kappa shape index (κ2) is 25.8. The molecule has 0 radical (unpaired) electrons. The van der Waals surface area contributed by atoms with Gasteiger partial charge in [-0.1, -0.05) is 98.4 Å². The summed E-state index contributed by atoms with van der Waals surface area (Å²) in [6, 6.07) is 8.93. The lowest BCUT2D eigenvalue weighted by atomic mass is 9.98. The Kier molecular flexibility index (Phi) is 30.1. The highest BCUT2D eigenvalue weighted by molar-refractivity contribution is 5.48. The molecule has 0 amide bonds. The Morgan fingerprint density at radius 1 is 0.739 bits per heavy atom. The quantitative estimate of drug-likeness (QED) is 0.359. The number of aryl methyl sites for hydroxylation is 2. The monoisotopic (exact) mass is 322 g/mol. The van der Waals surface area contributed by atoms with Gasteiger partial charge in [0.05, 0.1) is 0 Å². The van der Waals surface area contributed by atoms with Crippen LogP contribution in [0.15, 0.2) is 24.3 Å². The summed E-state index contributed by atoms with van der Waals surface area (Å²) in [6.45, 7) is 14.3. The summed E-state index contributed by atoms with van der Waals surface area (Å²) < 4.78 is 0. The van der Waals surface area contributed by atoms with Gasteiger partial charge in [-0.25, -0.2) is 0 Å². The molecule has 1 aromatic carbocycles. The molecule has 1 aromatic rings. The number of hydrogen-bond acceptors (Lipinski definition) is 1. The van der Waals surface area contributed by atoms with Crippen LogP contribution in [0.5, 0.6) is 0 Å². The molecule has 1 rings (SSSR count). The smallest absolute Gasteiger partial charge is 0.119 e. The highest BCUT2D eigenvalue weighted by atomic mass is 16.1. The molecule has 0 aromatic heterocycles. The maximum absolute atomic E-state index is 9.17. The molecule has 0 aliphatic rings. The number of rotatable bonds is 8. The first-order valence-electron chi connectivity index (χ1n) is 9.80. The number of aldehydes is 1. The van der Waals surface area contributed by atoms with Gasteiger partial charge in [0, 0.05) is 6.42 Å². The van der Waals surface area contributed by atoms with Crippen molar-refractivity contribution in [3.05, 3.63) is 35.4 Å². The zero-order valence-corrected chi connectivity index (χ0v) is 17.0. The molecule has 0 saturated heterocycles. The van der Waals surface area contributed by atoms with Gasteiger partial charge < -0.3 is 4.79 Å². The first-order chi connectivity index (χ1) is 11.3. The highest BCUT2D eigenvalue weighted by Crippen LogP contribution is 2.14. The second-order valence-corrected chi connectivity index (χ2v) is 4.90. The summed E-state index contributed by atoms with van der Waals surface area (Å²) >= 11 is 0. The topological polar surface area (TPSA) is 17.1 Å². The van der Waals surface area contributed by atoms with Gasteiger partial charge in [-0.15, -0.1) is 0 Å². The maximum Gasteiger partial charge on any atom is 0.119 e. The zero-order chi connectivity index (χ0) is 18.3. The average Bonchev–Trinajstić information content (AvgIpc) is 2.64. The normalized spacial score (nSPS) is 8.48. The van der Waals surface area contributed by atoms with E-state index in [-0.39, 0.29) is 0 Å². The van der Waals surface area contributed by atoms with E-state index in [1.54, 1.807) is 11.1 Å². The molecule has 0 aliphatic heterocycles. The Morgan fingerprint density at radius 2 is 1.22 bits per heavy atom. The van der Waals surface area contributed by atoms with Gasteiger partial charge in [0.15, 0.2) is 0 Å². The minimum Gasteiger partial charge on any atom is -0.303 e. The van der Waals surface area contributed by atoms with Crippen LogP contribution in [0.2, 0.25) is 0 Å². The van der Waals surface area contributed by atoms with E-state index >= 15 is 0 Å². The minimum absolute atomic E-state index is 0.639. The fourth-order valence-corrected chi connectivity index (χ4v) is 2.06. The van der Waals surface area contributed by atoms with Crippen molar-refractivity contribution in [2.75, 3.05) is 0 Å². The third-order valence-corrected chi connectivity index (χ3v) is 3.10. The molecule has 1 nitrogen and oxygen atoms in total. The molecule has 0 saturated carbocycles. The number of carbonyl (C=O) groups is 1. The highest BCUT2D eigenvalue weighted by Gasteiger charge is 2.00. The van der Waals surface area contributed by atoms with Crippen LogP contribution in [-0.2, 0) is 17.6 Å². The summed E-state index contributed by atoms with van der Waals surface area (Å²) in [5.74, 6) is 0. The van der Waals surface area contributed by atoms with Crippen LogP contribution in [0, 0.1) is 0 Å². The molecule has 136 valence electrons. The van der Waals surface area contributed by atoms with E-state index in [1.807, 2.05) is 34.6 Å². The maximum atomic E-state index is 9.17. The van der Waals surface area contributed by atoms with Crippen LogP contribution in [0.25, 0.3) is 0 Å². The number of unbranched alkanes of at least 4 members (excludes halogenated alkanes) is 3. The summed E-state index contributed by atoms with van der Waals surface area (Å²) in [5.41, 5.74) is 3.15. The summed E-state index contributed by atoms with van der Waals surface area (Å²) in [6.07, 6.45) is 10.7. The average molecular weight is 323 g/mol. The van der Waals surface area contributed by atoms with Crippen molar-refractivity contribution in [2.24, 2.45) is 0 Å². The lowest BCUT2D eigenvalue weighted by Crippen LogP contribution is -1.94. The van der Waals surface area contributed by atoms with Crippen molar-refractivity contribution >= 4 is 6.29 Å². The minimum atomic E-state index is 0.639. The van der Waals surface area contributed by atoms with E-state index in [0.29, 0.717) is 6.42 Å². The molecule has 0 unspecified atom stereocenters. The van der Waals surface area contributed by atoms with Gasteiger partial charge >= 0.3 is 0 Å². The van der Waals surface area contributed by atoms with Crippen LogP contribution in [-0.4, -0.2) is 6.29 Å². The summed E-state index contributed by atoms with van der Waals surface area (Å²) in [5, 5.41) is 0. The van der Waals surface area contributed by atoms with E-state index in [4.69, 9.17) is 0 Å². The molecule has 0 fully saturated rings. The molecule has 0 atom stereocenters. The van der Waals surface area contributed by atoms with Crippen molar-refractivity contribution < 1.29 is 4.79 Å². The van der Waals surface area contributed by atoms with Gasteiger partial charge in [-0.05, 0) is 30.4 Å². The molecule has 0 heterocycles. The Hall–Kier alpha value is -1.11. The molecule has 0 aliphatic carbocycles. The fraction of sp³-hybridized carbons (Fsp3) is 0.682. The second-order valence-electron chi connectivity index (χ2n) is 4.90. The van der Waals surface area contributed by atoms with Gasteiger partial charge in [0.2, 0.25) is 0 Å². The van der Waals surface area contributed by atoms with E-state index in [0.717, 1.165) is 6.29 Å². The zero-order valence-electron chi connectivity index (χ0n) is 17.0.